The Morgan fingerprint density at radius 3 is 2.41 bits per heavy atom. The molecule has 1 amide bonds. The van der Waals surface area contributed by atoms with Gasteiger partial charge in [0.1, 0.15) is 0 Å². The first kappa shape index (κ1) is 30.3. The molecular formula is C33H40ClN7O3. The maximum atomic E-state index is 12.9. The van der Waals surface area contributed by atoms with Crippen molar-refractivity contribution in [2.75, 3.05) is 62.8 Å². The molecule has 4 aromatic rings. The van der Waals surface area contributed by atoms with E-state index in [1.807, 2.05) is 60.8 Å². The lowest BCUT2D eigenvalue weighted by atomic mass is 9.73. The maximum Gasteiger partial charge on any atom is 0.251 e. The second-order valence-electron chi connectivity index (χ2n) is 12.3. The zero-order chi connectivity index (χ0) is 30.7. The number of carbonyl (C=O) groups is 1. The van der Waals surface area contributed by atoms with Gasteiger partial charge in [-0.05, 0) is 80.8 Å². The van der Waals surface area contributed by atoms with Crippen LogP contribution >= 0.6 is 11.6 Å². The number of fused-ring (bicyclic) bond motifs is 1. The second-order valence-corrected chi connectivity index (χ2v) is 12.8. The number of morpholine rings is 1. The first-order chi connectivity index (χ1) is 21.3. The number of nitrogens with one attached hydrogen (secondary N) is 2. The molecule has 0 atom stereocenters. The van der Waals surface area contributed by atoms with Crippen molar-refractivity contribution in [2.45, 2.75) is 37.6 Å². The monoisotopic (exact) mass is 617 g/mol. The predicted octanol–water partition coefficient (Wildman–Crippen LogP) is 4.50. The fourth-order valence-corrected chi connectivity index (χ4v) is 6.35. The molecule has 2 aliphatic heterocycles. The minimum atomic E-state index is -0.283. The number of anilines is 3. The van der Waals surface area contributed by atoms with E-state index in [0.29, 0.717) is 23.1 Å². The summed E-state index contributed by atoms with van der Waals surface area (Å²) in [7, 11) is 0. The number of halogens is 1. The quantitative estimate of drug-likeness (QED) is 0.252. The van der Waals surface area contributed by atoms with Gasteiger partial charge in [0.2, 0.25) is 5.95 Å². The number of aliphatic hydroxyl groups excluding tert-OH is 1. The highest BCUT2D eigenvalue weighted by Crippen LogP contribution is 2.38. The van der Waals surface area contributed by atoms with Gasteiger partial charge in [0.25, 0.3) is 5.91 Å². The molecule has 0 spiro atoms. The maximum absolute atomic E-state index is 12.9. The highest BCUT2D eigenvalue weighted by Gasteiger charge is 2.36. The number of aliphatic hydroxyl groups is 1. The molecule has 2 fully saturated rings. The Balaban J connectivity index is 1.09. The van der Waals surface area contributed by atoms with Crippen LogP contribution in [0.2, 0.25) is 5.02 Å². The Labute approximate surface area is 263 Å². The number of pyridine rings is 1. The van der Waals surface area contributed by atoms with E-state index < -0.39 is 0 Å². The van der Waals surface area contributed by atoms with Crippen molar-refractivity contribution < 1.29 is 14.6 Å². The van der Waals surface area contributed by atoms with Gasteiger partial charge in [-0.1, -0.05) is 23.7 Å². The third-order valence-corrected chi connectivity index (χ3v) is 9.37. The largest absolute Gasteiger partial charge is 0.395 e. The van der Waals surface area contributed by atoms with Crippen molar-refractivity contribution >= 4 is 40.5 Å². The van der Waals surface area contributed by atoms with Gasteiger partial charge in [-0.15, -0.1) is 5.10 Å². The van der Waals surface area contributed by atoms with E-state index in [0.717, 1.165) is 74.8 Å². The number of hydrogen-bond donors (Lipinski definition) is 3. The molecular weight excluding hydrogens is 578 g/mol. The number of aromatic nitrogens is 3. The number of hydrogen-bond acceptors (Lipinski definition) is 8. The van der Waals surface area contributed by atoms with Crippen LogP contribution in [0.5, 0.6) is 0 Å². The molecule has 0 saturated carbocycles. The highest BCUT2D eigenvalue weighted by molar-refractivity contribution is 6.30. The number of ether oxygens (including phenoxy) is 1. The van der Waals surface area contributed by atoms with Crippen molar-refractivity contribution in [3.05, 3.63) is 83.0 Å². The van der Waals surface area contributed by atoms with Gasteiger partial charge in [-0.2, -0.15) is 4.98 Å². The topological polar surface area (TPSA) is 107 Å². The average Bonchev–Trinajstić information content (AvgIpc) is 3.47. The molecule has 6 rings (SSSR count). The van der Waals surface area contributed by atoms with Crippen LogP contribution < -0.4 is 15.5 Å². The molecule has 0 bridgehead atoms. The summed E-state index contributed by atoms with van der Waals surface area (Å²) in [5, 5.41) is 22.1. The number of carbonyl (C=O) groups excluding carboxylic acids is 1. The van der Waals surface area contributed by atoms with Gasteiger partial charge in [-0.3, -0.25) is 9.69 Å². The summed E-state index contributed by atoms with van der Waals surface area (Å²) in [6.07, 6.45) is 3.52. The summed E-state index contributed by atoms with van der Waals surface area (Å²) in [6, 6.07) is 19.2. The van der Waals surface area contributed by atoms with Crippen LogP contribution in [-0.4, -0.2) is 88.6 Å². The second kappa shape index (κ2) is 12.7. The van der Waals surface area contributed by atoms with Gasteiger partial charge in [0.15, 0.2) is 5.65 Å². The summed E-state index contributed by atoms with van der Waals surface area (Å²) in [5.41, 5.74) is 3.84. The fraction of sp³-hybridized carbons (Fsp3) is 0.424. The molecule has 2 aromatic heterocycles. The van der Waals surface area contributed by atoms with Gasteiger partial charge in [-0.25, -0.2) is 4.52 Å². The Hall–Kier alpha value is -3.70. The number of benzene rings is 2. The molecule has 10 nitrogen and oxygen atoms in total. The number of piperidine rings is 1. The van der Waals surface area contributed by atoms with Crippen LogP contribution in [-0.2, 0) is 10.2 Å². The molecule has 2 aliphatic rings. The van der Waals surface area contributed by atoms with E-state index in [9.17, 15) is 9.90 Å². The fourth-order valence-electron chi connectivity index (χ4n) is 6.22. The zero-order valence-corrected chi connectivity index (χ0v) is 26.1. The summed E-state index contributed by atoms with van der Waals surface area (Å²) in [6.45, 7) is 9.70. The summed E-state index contributed by atoms with van der Waals surface area (Å²) < 4.78 is 7.24. The average molecular weight is 618 g/mol. The number of nitrogens with zero attached hydrogens (tertiary/aromatic N) is 5. The molecule has 44 heavy (non-hydrogen) atoms. The highest BCUT2D eigenvalue weighted by atomic mass is 35.5. The van der Waals surface area contributed by atoms with Crippen LogP contribution in [0.15, 0.2) is 66.9 Å². The van der Waals surface area contributed by atoms with Crippen molar-refractivity contribution in [2.24, 2.45) is 0 Å². The Bertz CT molecular complexity index is 1580. The van der Waals surface area contributed by atoms with Gasteiger partial charge in [0, 0.05) is 66.1 Å². The first-order valence-electron chi connectivity index (χ1n) is 15.2. The van der Waals surface area contributed by atoms with Gasteiger partial charge < -0.3 is 25.4 Å². The van der Waals surface area contributed by atoms with E-state index in [1.54, 1.807) is 4.52 Å². The number of rotatable bonds is 9. The Morgan fingerprint density at radius 1 is 1.02 bits per heavy atom. The molecule has 2 saturated heterocycles. The van der Waals surface area contributed by atoms with Gasteiger partial charge >= 0.3 is 0 Å². The third-order valence-electron chi connectivity index (χ3n) is 9.11. The van der Waals surface area contributed by atoms with E-state index in [2.05, 4.69) is 45.4 Å². The lowest BCUT2D eigenvalue weighted by Gasteiger charge is -2.42. The third kappa shape index (κ3) is 6.39. The summed E-state index contributed by atoms with van der Waals surface area (Å²) >= 11 is 6.11. The summed E-state index contributed by atoms with van der Waals surface area (Å²) in [5.74, 6) is 0.376. The van der Waals surface area contributed by atoms with Crippen molar-refractivity contribution in [1.82, 2.24) is 24.8 Å². The molecule has 0 aliphatic carbocycles. The lowest BCUT2D eigenvalue weighted by molar-refractivity contribution is -0.00923. The molecule has 2 aromatic carbocycles. The molecule has 4 heterocycles. The molecule has 232 valence electrons. The smallest absolute Gasteiger partial charge is 0.251 e. The lowest BCUT2D eigenvalue weighted by Crippen LogP contribution is -2.55. The van der Waals surface area contributed by atoms with Crippen LogP contribution in [0.3, 0.4) is 0 Å². The van der Waals surface area contributed by atoms with E-state index >= 15 is 0 Å². The minimum Gasteiger partial charge on any atom is -0.395 e. The van der Waals surface area contributed by atoms with Crippen LogP contribution in [0, 0.1) is 0 Å². The predicted molar refractivity (Wildman–Crippen MR) is 173 cm³/mol. The molecule has 3 N–H and O–H groups in total. The zero-order valence-electron chi connectivity index (χ0n) is 25.3. The van der Waals surface area contributed by atoms with Gasteiger partial charge in [0.05, 0.1) is 25.5 Å². The van der Waals surface area contributed by atoms with Crippen LogP contribution in [0.25, 0.3) is 5.65 Å². The number of amides is 1. The Morgan fingerprint density at radius 2 is 1.73 bits per heavy atom. The molecule has 11 heteroatoms. The minimum absolute atomic E-state index is 0.0958. The van der Waals surface area contributed by atoms with Crippen molar-refractivity contribution in [1.29, 1.82) is 0 Å². The SMILES string of the molecule is CC(C)(CNC(=O)c1ccc(Nc2nc3c(N4CCC(CO)(c5ccc(Cl)cc5)CC4)cccn3n2)cc1)N1CCOCC1. The van der Waals surface area contributed by atoms with E-state index in [1.165, 1.54) is 0 Å². The normalized spacial score (nSPS) is 17.5. The summed E-state index contributed by atoms with van der Waals surface area (Å²) in [4.78, 5) is 22.3. The standard InChI is InChI=1S/C33H40ClN7O3/c1-32(2,40-18-20-44-21-19-40)22-35-30(43)24-5-11-27(12-6-24)36-31-37-29-28(4-3-15-41(29)38-31)39-16-13-33(23-42,14-17-39)25-7-9-26(34)10-8-25/h3-12,15,42H,13-14,16-23H2,1-2H3,(H,35,43)(H,36,38). The van der Waals surface area contributed by atoms with Crippen molar-refractivity contribution in [3.8, 4) is 0 Å². The van der Waals surface area contributed by atoms with Crippen LogP contribution in [0.4, 0.5) is 17.3 Å². The van der Waals surface area contributed by atoms with Crippen LogP contribution in [0.1, 0.15) is 42.6 Å². The van der Waals surface area contributed by atoms with Crippen molar-refractivity contribution in [3.63, 3.8) is 0 Å². The molecule has 0 unspecified atom stereocenters. The van der Waals surface area contributed by atoms with E-state index in [4.69, 9.17) is 21.3 Å². The first-order valence-corrected chi connectivity index (χ1v) is 15.6. The molecule has 0 radical (unpaired) electrons. The van der Waals surface area contributed by atoms with E-state index in [-0.39, 0.29) is 23.5 Å². The Kier molecular flexibility index (Phi) is 8.77.